The molecule has 2 nitrogen and oxygen atoms in total. The largest absolute Gasteiger partial charge is 0.490 e. The molecule has 1 aliphatic rings. The van der Waals surface area contributed by atoms with Gasteiger partial charge in [-0.1, -0.05) is 50.1 Å². The lowest BCUT2D eigenvalue weighted by molar-refractivity contribution is 0.280. The van der Waals surface area contributed by atoms with E-state index >= 15 is 0 Å². The van der Waals surface area contributed by atoms with E-state index in [4.69, 9.17) is 9.47 Å². The van der Waals surface area contributed by atoms with Crippen LogP contribution in [0.2, 0.25) is 0 Å². The fourth-order valence-electron chi connectivity index (χ4n) is 4.77. The van der Waals surface area contributed by atoms with Crippen LogP contribution in [0.1, 0.15) is 62.5 Å². The highest BCUT2D eigenvalue weighted by molar-refractivity contribution is 5.65. The molecule has 196 valence electrons. The molecule has 0 atom stereocenters. The summed E-state index contributed by atoms with van der Waals surface area (Å²) in [5, 5.41) is 0. The molecule has 1 aliphatic carbocycles. The second-order valence-corrected chi connectivity index (χ2v) is 9.73. The predicted molar refractivity (Wildman–Crippen MR) is 138 cm³/mol. The molecule has 4 rings (SSSR count). The van der Waals surface area contributed by atoms with Crippen molar-refractivity contribution in [1.82, 2.24) is 0 Å². The molecule has 0 spiro atoms. The third-order valence-electron chi connectivity index (χ3n) is 7.06. The van der Waals surface area contributed by atoms with Gasteiger partial charge in [0.05, 0.1) is 6.61 Å². The minimum Gasteiger partial charge on any atom is -0.490 e. The standard InChI is InChI=1S/C31H32F4O2/c1-3-4-5-18-36-27-17-12-23(28(32)31(27)35)19-37-24-13-10-22(11-14-24)26-16-15-25(29(33)30(26)34)21-8-6-20(2)7-9-21/h3,10-17,20-21H,1,4-9,18-19H2,2H3. The molecule has 3 aromatic carbocycles. The fourth-order valence-corrected chi connectivity index (χ4v) is 4.77. The van der Waals surface area contributed by atoms with Gasteiger partial charge >= 0.3 is 0 Å². The number of rotatable bonds is 10. The lowest BCUT2D eigenvalue weighted by Crippen LogP contribution is -2.13. The maximum absolute atomic E-state index is 15.0. The van der Waals surface area contributed by atoms with E-state index in [1.54, 1.807) is 42.5 Å². The average Bonchev–Trinajstić information content (AvgIpc) is 2.91. The number of ether oxygens (including phenoxy) is 2. The lowest BCUT2D eigenvalue weighted by Gasteiger charge is -2.27. The number of hydrogen-bond acceptors (Lipinski definition) is 2. The van der Waals surface area contributed by atoms with E-state index in [1.807, 2.05) is 0 Å². The van der Waals surface area contributed by atoms with Gasteiger partial charge < -0.3 is 9.47 Å². The van der Waals surface area contributed by atoms with E-state index in [0.717, 1.165) is 32.1 Å². The maximum Gasteiger partial charge on any atom is 0.201 e. The number of unbranched alkanes of at least 4 members (excludes halogenated alkanes) is 1. The second-order valence-electron chi connectivity index (χ2n) is 9.73. The first-order chi connectivity index (χ1) is 17.9. The Morgan fingerprint density at radius 1 is 0.811 bits per heavy atom. The Balaban J connectivity index is 1.40. The minimum atomic E-state index is -1.06. The van der Waals surface area contributed by atoms with Crippen molar-refractivity contribution in [3.63, 3.8) is 0 Å². The van der Waals surface area contributed by atoms with Crippen LogP contribution < -0.4 is 9.47 Å². The molecule has 1 fully saturated rings. The Morgan fingerprint density at radius 3 is 2.24 bits per heavy atom. The van der Waals surface area contributed by atoms with Crippen molar-refractivity contribution in [3.05, 3.63) is 95.6 Å². The zero-order valence-electron chi connectivity index (χ0n) is 21.0. The normalized spacial score (nSPS) is 17.4. The fraction of sp³-hybridized carbons (Fsp3) is 0.355. The first-order valence-electron chi connectivity index (χ1n) is 12.8. The van der Waals surface area contributed by atoms with E-state index in [0.29, 0.717) is 29.2 Å². The Bertz CT molecular complexity index is 1210. The third kappa shape index (κ3) is 6.35. The summed E-state index contributed by atoms with van der Waals surface area (Å²) in [6.45, 7) is 5.86. The van der Waals surface area contributed by atoms with Crippen molar-refractivity contribution >= 4 is 0 Å². The summed E-state index contributed by atoms with van der Waals surface area (Å²) >= 11 is 0. The highest BCUT2D eigenvalue weighted by Crippen LogP contribution is 2.39. The van der Waals surface area contributed by atoms with Gasteiger partial charge in [0, 0.05) is 11.1 Å². The SMILES string of the molecule is C=CCCCOc1ccc(COc2ccc(-c3ccc(C4CCC(C)CC4)c(F)c3F)cc2)c(F)c1F. The van der Waals surface area contributed by atoms with Crippen LogP contribution in [-0.4, -0.2) is 6.61 Å². The van der Waals surface area contributed by atoms with Gasteiger partial charge in [-0.2, -0.15) is 4.39 Å². The van der Waals surface area contributed by atoms with Gasteiger partial charge in [0.15, 0.2) is 23.2 Å². The van der Waals surface area contributed by atoms with Crippen LogP contribution >= 0.6 is 0 Å². The number of hydrogen-bond donors (Lipinski definition) is 0. The van der Waals surface area contributed by atoms with Crippen LogP contribution in [0.25, 0.3) is 11.1 Å². The van der Waals surface area contributed by atoms with Gasteiger partial charge in [-0.25, -0.2) is 13.2 Å². The first-order valence-corrected chi connectivity index (χ1v) is 12.8. The molecule has 0 radical (unpaired) electrons. The van der Waals surface area contributed by atoms with Crippen molar-refractivity contribution in [2.24, 2.45) is 5.92 Å². The zero-order valence-corrected chi connectivity index (χ0v) is 21.0. The Morgan fingerprint density at radius 2 is 1.54 bits per heavy atom. The maximum atomic E-state index is 15.0. The molecular weight excluding hydrogens is 480 g/mol. The van der Waals surface area contributed by atoms with Gasteiger partial charge in [0.1, 0.15) is 12.4 Å². The average molecular weight is 513 g/mol. The monoisotopic (exact) mass is 512 g/mol. The summed E-state index contributed by atoms with van der Waals surface area (Å²) in [5.74, 6) is -2.78. The van der Waals surface area contributed by atoms with Gasteiger partial charge in [-0.15, -0.1) is 6.58 Å². The second kappa shape index (κ2) is 12.3. The van der Waals surface area contributed by atoms with Gasteiger partial charge in [-0.3, -0.25) is 0 Å². The molecule has 0 unspecified atom stereocenters. The molecule has 0 aromatic heterocycles. The third-order valence-corrected chi connectivity index (χ3v) is 7.06. The Labute approximate surface area is 215 Å². The molecule has 0 amide bonds. The molecule has 0 N–H and O–H groups in total. The topological polar surface area (TPSA) is 18.5 Å². The van der Waals surface area contributed by atoms with Crippen LogP contribution in [0.5, 0.6) is 11.5 Å². The number of benzene rings is 3. The number of allylic oxidation sites excluding steroid dienone is 1. The van der Waals surface area contributed by atoms with Gasteiger partial charge in [0.25, 0.3) is 0 Å². The van der Waals surface area contributed by atoms with E-state index < -0.39 is 23.3 Å². The van der Waals surface area contributed by atoms with Gasteiger partial charge in [0.2, 0.25) is 5.82 Å². The van der Waals surface area contributed by atoms with Crippen molar-refractivity contribution in [2.75, 3.05) is 6.61 Å². The highest BCUT2D eigenvalue weighted by Gasteiger charge is 2.25. The summed E-state index contributed by atoms with van der Waals surface area (Å²) in [4.78, 5) is 0. The summed E-state index contributed by atoms with van der Waals surface area (Å²) in [7, 11) is 0. The molecule has 37 heavy (non-hydrogen) atoms. The molecular formula is C31H32F4O2. The minimum absolute atomic E-state index is 0.0424. The molecule has 0 aliphatic heterocycles. The van der Waals surface area contributed by atoms with Crippen molar-refractivity contribution in [3.8, 4) is 22.6 Å². The smallest absolute Gasteiger partial charge is 0.201 e. The van der Waals surface area contributed by atoms with Crippen molar-refractivity contribution < 1.29 is 27.0 Å². The summed E-state index contributed by atoms with van der Waals surface area (Å²) in [5.41, 5.74) is 1.17. The Hall–Kier alpha value is -3.28. The Kier molecular flexibility index (Phi) is 8.91. The summed E-state index contributed by atoms with van der Waals surface area (Å²) in [6.07, 6.45) is 6.92. The van der Waals surface area contributed by atoms with Crippen molar-refractivity contribution in [1.29, 1.82) is 0 Å². The molecule has 0 saturated heterocycles. The van der Waals surface area contributed by atoms with Crippen LogP contribution in [-0.2, 0) is 6.61 Å². The quantitative estimate of drug-likeness (QED) is 0.153. The first kappa shape index (κ1) is 26.8. The van der Waals surface area contributed by atoms with Gasteiger partial charge in [-0.05, 0) is 72.9 Å². The summed E-state index contributed by atoms with van der Waals surface area (Å²) in [6, 6.07) is 12.5. The predicted octanol–water partition coefficient (Wildman–Crippen LogP) is 9.13. The molecule has 0 heterocycles. The van der Waals surface area contributed by atoms with E-state index in [2.05, 4.69) is 13.5 Å². The molecule has 3 aromatic rings. The van der Waals surface area contributed by atoms with Crippen molar-refractivity contribution in [2.45, 2.75) is 58.0 Å². The molecule has 6 heteroatoms. The lowest BCUT2D eigenvalue weighted by atomic mass is 9.79. The highest BCUT2D eigenvalue weighted by atomic mass is 19.2. The summed E-state index contributed by atoms with van der Waals surface area (Å²) < 4.78 is 69.6. The van der Waals surface area contributed by atoms with Crippen LogP contribution in [0.15, 0.2) is 61.2 Å². The van der Waals surface area contributed by atoms with Crippen LogP contribution in [0.3, 0.4) is 0 Å². The van der Waals surface area contributed by atoms with Crippen LogP contribution in [0, 0.1) is 29.2 Å². The van der Waals surface area contributed by atoms with E-state index in [-0.39, 0.29) is 36.0 Å². The zero-order chi connectivity index (χ0) is 26.4. The van der Waals surface area contributed by atoms with E-state index in [1.165, 1.54) is 12.1 Å². The molecule has 1 saturated carbocycles. The molecule has 0 bridgehead atoms. The number of halogens is 4. The van der Waals surface area contributed by atoms with Crippen LogP contribution in [0.4, 0.5) is 17.6 Å². The van der Waals surface area contributed by atoms with E-state index in [9.17, 15) is 17.6 Å².